The summed E-state index contributed by atoms with van der Waals surface area (Å²) in [7, 11) is 0. The van der Waals surface area contributed by atoms with Gasteiger partial charge in [-0.05, 0) is 85.5 Å². The molecule has 1 saturated heterocycles. The molecule has 0 unspecified atom stereocenters. The Morgan fingerprint density at radius 2 is 1.66 bits per heavy atom. The van der Waals surface area contributed by atoms with E-state index in [0.717, 1.165) is 48.2 Å². The first kappa shape index (κ1) is 23.9. The molecule has 35 heavy (non-hydrogen) atoms. The van der Waals surface area contributed by atoms with E-state index in [2.05, 4.69) is 31.9 Å². The molecule has 4 aromatic carbocycles. The number of ether oxygens (including phenoxy) is 1. The molecule has 7 heteroatoms. The molecule has 0 aliphatic carbocycles. The highest BCUT2D eigenvalue weighted by Gasteiger charge is 2.35. The molecule has 1 aliphatic rings. The van der Waals surface area contributed by atoms with Crippen LogP contribution in [0.5, 0.6) is 5.75 Å². The molecule has 4 nitrogen and oxygen atoms in total. The standard InChI is InChI=1S/C28H19Br2NO3S/c29-22-11-8-18(9-12-22)17-34-25-13-10-19(14-24(25)30)15-26-27(32)31(28(33)35-26)16-21-6-3-5-20-4-1-2-7-23(20)21/h1-15H,16-17H2/b26-15+. The van der Waals surface area contributed by atoms with Crippen LogP contribution >= 0.6 is 43.6 Å². The molecule has 1 aliphatic heterocycles. The zero-order chi connectivity index (χ0) is 24.4. The van der Waals surface area contributed by atoms with Gasteiger partial charge in [0, 0.05) is 4.47 Å². The van der Waals surface area contributed by atoms with Crippen LogP contribution in [0.15, 0.2) is 98.8 Å². The Balaban J connectivity index is 1.30. The summed E-state index contributed by atoms with van der Waals surface area (Å²) >= 11 is 7.96. The van der Waals surface area contributed by atoms with Crippen molar-refractivity contribution in [1.29, 1.82) is 0 Å². The van der Waals surface area contributed by atoms with Crippen molar-refractivity contribution in [3.63, 3.8) is 0 Å². The Kier molecular flexibility index (Phi) is 7.09. The van der Waals surface area contributed by atoms with Crippen LogP contribution in [0.25, 0.3) is 16.8 Å². The zero-order valence-electron chi connectivity index (χ0n) is 18.4. The molecule has 5 rings (SSSR count). The van der Waals surface area contributed by atoms with E-state index in [1.54, 1.807) is 6.08 Å². The van der Waals surface area contributed by atoms with Crippen molar-refractivity contribution in [1.82, 2.24) is 4.90 Å². The fourth-order valence-electron chi connectivity index (χ4n) is 3.85. The molecule has 0 bridgehead atoms. The molecule has 1 heterocycles. The van der Waals surface area contributed by atoms with Gasteiger partial charge in [-0.2, -0.15) is 0 Å². The number of nitrogens with zero attached hydrogens (tertiary/aromatic N) is 1. The third-order valence-corrected chi connectivity index (χ3v) is 7.70. The maximum absolute atomic E-state index is 13.1. The first-order valence-electron chi connectivity index (χ1n) is 10.9. The van der Waals surface area contributed by atoms with Crippen molar-refractivity contribution in [2.45, 2.75) is 13.2 Å². The van der Waals surface area contributed by atoms with Crippen LogP contribution in [0.4, 0.5) is 4.79 Å². The minimum absolute atomic E-state index is 0.246. The fourth-order valence-corrected chi connectivity index (χ4v) is 5.47. The summed E-state index contributed by atoms with van der Waals surface area (Å²) in [6.45, 7) is 0.689. The first-order chi connectivity index (χ1) is 17.0. The number of carbonyl (C=O) groups excluding carboxylic acids is 2. The third kappa shape index (κ3) is 5.37. The van der Waals surface area contributed by atoms with Crippen molar-refractivity contribution in [2.75, 3.05) is 0 Å². The van der Waals surface area contributed by atoms with Gasteiger partial charge >= 0.3 is 0 Å². The van der Waals surface area contributed by atoms with Crippen LogP contribution in [0.3, 0.4) is 0 Å². The Morgan fingerprint density at radius 1 is 0.886 bits per heavy atom. The van der Waals surface area contributed by atoms with Crippen molar-refractivity contribution in [2.24, 2.45) is 0 Å². The highest BCUT2D eigenvalue weighted by atomic mass is 79.9. The second-order valence-corrected chi connectivity index (χ2v) is 10.8. The number of halogens is 2. The van der Waals surface area contributed by atoms with E-state index in [1.807, 2.05) is 84.9 Å². The molecular formula is C28H19Br2NO3S. The number of benzene rings is 4. The smallest absolute Gasteiger partial charge is 0.293 e. The predicted molar refractivity (Wildman–Crippen MR) is 148 cm³/mol. The summed E-state index contributed by atoms with van der Waals surface area (Å²) in [5, 5.41) is 1.86. The largest absolute Gasteiger partial charge is 0.488 e. The van der Waals surface area contributed by atoms with Crippen LogP contribution in [-0.4, -0.2) is 16.0 Å². The lowest BCUT2D eigenvalue weighted by atomic mass is 10.0. The minimum Gasteiger partial charge on any atom is -0.488 e. The normalized spacial score (nSPS) is 14.8. The highest BCUT2D eigenvalue weighted by molar-refractivity contribution is 9.10. The molecule has 0 aromatic heterocycles. The number of carbonyl (C=O) groups is 2. The van der Waals surface area contributed by atoms with E-state index >= 15 is 0 Å². The maximum Gasteiger partial charge on any atom is 0.293 e. The van der Waals surface area contributed by atoms with Crippen LogP contribution in [0.1, 0.15) is 16.7 Å². The third-order valence-electron chi connectivity index (χ3n) is 5.64. The summed E-state index contributed by atoms with van der Waals surface area (Å²) in [5.74, 6) is 0.425. The number of amides is 2. The van der Waals surface area contributed by atoms with Crippen LogP contribution < -0.4 is 4.74 Å². The predicted octanol–water partition coefficient (Wildman–Crippen LogP) is 8.18. The lowest BCUT2D eigenvalue weighted by molar-refractivity contribution is -0.123. The van der Waals surface area contributed by atoms with Crippen molar-refractivity contribution in [3.8, 4) is 5.75 Å². The molecule has 0 atom stereocenters. The number of imide groups is 1. The Labute approximate surface area is 224 Å². The minimum atomic E-state index is -0.278. The molecule has 174 valence electrons. The van der Waals surface area contributed by atoms with Crippen LogP contribution in [-0.2, 0) is 17.9 Å². The number of rotatable bonds is 6. The van der Waals surface area contributed by atoms with E-state index in [9.17, 15) is 9.59 Å². The van der Waals surface area contributed by atoms with Gasteiger partial charge in [-0.1, -0.05) is 76.6 Å². The van der Waals surface area contributed by atoms with Crippen molar-refractivity contribution >= 4 is 71.6 Å². The topological polar surface area (TPSA) is 46.6 Å². The van der Waals surface area contributed by atoms with E-state index in [-0.39, 0.29) is 17.7 Å². The number of thioether (sulfide) groups is 1. The van der Waals surface area contributed by atoms with Gasteiger partial charge in [0.25, 0.3) is 11.1 Å². The maximum atomic E-state index is 13.1. The number of hydrogen-bond donors (Lipinski definition) is 0. The fraction of sp³-hybridized carbons (Fsp3) is 0.0714. The molecular weight excluding hydrogens is 590 g/mol. The highest BCUT2D eigenvalue weighted by Crippen LogP contribution is 2.35. The average Bonchev–Trinajstić information content (AvgIpc) is 3.12. The lowest BCUT2D eigenvalue weighted by Gasteiger charge is -2.14. The van der Waals surface area contributed by atoms with Crippen molar-refractivity contribution < 1.29 is 14.3 Å². The van der Waals surface area contributed by atoms with Crippen molar-refractivity contribution in [3.05, 3.63) is 115 Å². The van der Waals surface area contributed by atoms with E-state index in [4.69, 9.17) is 4.74 Å². The SMILES string of the molecule is O=C1S/C(=C/c2ccc(OCc3ccc(Br)cc3)c(Br)c2)C(=O)N1Cc1cccc2ccccc12. The monoisotopic (exact) mass is 607 g/mol. The molecule has 1 fully saturated rings. The van der Waals surface area contributed by atoms with Gasteiger partial charge in [0.1, 0.15) is 12.4 Å². The van der Waals surface area contributed by atoms with Crippen LogP contribution in [0.2, 0.25) is 0 Å². The molecule has 4 aromatic rings. The Morgan fingerprint density at radius 3 is 2.46 bits per heavy atom. The lowest BCUT2D eigenvalue weighted by Crippen LogP contribution is -2.27. The zero-order valence-corrected chi connectivity index (χ0v) is 22.4. The second-order valence-electron chi connectivity index (χ2n) is 8.01. The van der Waals surface area contributed by atoms with Gasteiger partial charge in [0.2, 0.25) is 0 Å². The van der Waals surface area contributed by atoms with Crippen LogP contribution in [0, 0.1) is 0 Å². The van der Waals surface area contributed by atoms with Gasteiger partial charge < -0.3 is 4.74 Å². The van der Waals surface area contributed by atoms with E-state index in [1.165, 1.54) is 4.90 Å². The average molecular weight is 609 g/mol. The number of hydrogen-bond acceptors (Lipinski definition) is 4. The van der Waals surface area contributed by atoms with Gasteiger partial charge in [-0.15, -0.1) is 0 Å². The Bertz CT molecular complexity index is 1460. The summed E-state index contributed by atoms with van der Waals surface area (Å²) in [6.07, 6.45) is 1.75. The molecule has 0 N–H and O–H groups in total. The van der Waals surface area contributed by atoms with Gasteiger partial charge in [-0.3, -0.25) is 14.5 Å². The number of fused-ring (bicyclic) bond motifs is 1. The molecule has 0 spiro atoms. The molecule has 0 saturated carbocycles. The molecule has 0 radical (unpaired) electrons. The summed E-state index contributed by atoms with van der Waals surface area (Å²) in [6, 6.07) is 27.5. The summed E-state index contributed by atoms with van der Waals surface area (Å²) < 4.78 is 7.72. The first-order valence-corrected chi connectivity index (χ1v) is 13.3. The van der Waals surface area contributed by atoms with Gasteiger partial charge in [0.15, 0.2) is 0 Å². The Hall–Kier alpha value is -2.87. The van der Waals surface area contributed by atoms with Gasteiger partial charge in [-0.25, -0.2) is 0 Å². The molecule has 2 amide bonds. The van der Waals surface area contributed by atoms with E-state index < -0.39 is 0 Å². The summed E-state index contributed by atoms with van der Waals surface area (Å²) in [4.78, 5) is 27.5. The summed E-state index contributed by atoms with van der Waals surface area (Å²) in [5.41, 5.74) is 2.81. The second kappa shape index (κ2) is 10.4. The van der Waals surface area contributed by atoms with Gasteiger partial charge in [0.05, 0.1) is 15.9 Å². The quantitative estimate of drug-likeness (QED) is 0.207. The van der Waals surface area contributed by atoms with E-state index in [0.29, 0.717) is 17.3 Å².